The molecule has 0 bridgehead atoms. The predicted molar refractivity (Wildman–Crippen MR) is 66.9 cm³/mol. The molecular weight excluding hydrogens is 222 g/mol. The number of sulfone groups is 1. The van der Waals surface area contributed by atoms with Crippen LogP contribution in [0, 0.1) is 0 Å². The Morgan fingerprint density at radius 3 is 2.19 bits per heavy atom. The Hall–Kier alpha value is -0.870. The van der Waals surface area contributed by atoms with Crippen LogP contribution in [-0.2, 0) is 9.84 Å². The Morgan fingerprint density at radius 2 is 1.75 bits per heavy atom. The Morgan fingerprint density at radius 1 is 1.19 bits per heavy atom. The average molecular weight is 241 g/mol. The maximum Gasteiger partial charge on any atom is 0.159 e. The number of nitrogens with two attached hydrogens (primary N) is 1. The normalized spacial score (nSPS) is 14.0. The summed E-state index contributed by atoms with van der Waals surface area (Å²) >= 11 is 0. The number of hydrogen-bond donors (Lipinski definition) is 1. The Balaban J connectivity index is 3.11. The predicted octanol–water partition coefficient (Wildman–Crippen LogP) is 1.90. The van der Waals surface area contributed by atoms with E-state index in [1.54, 1.807) is 13.8 Å². The zero-order chi connectivity index (χ0) is 12.2. The number of benzene rings is 1. The summed E-state index contributed by atoms with van der Waals surface area (Å²) in [4.78, 5) is 0. The van der Waals surface area contributed by atoms with Gasteiger partial charge in [0, 0.05) is 0 Å². The van der Waals surface area contributed by atoms with Crippen molar-refractivity contribution in [3.63, 3.8) is 0 Å². The third-order valence-corrected chi connectivity index (χ3v) is 5.27. The highest BCUT2D eigenvalue weighted by atomic mass is 32.2. The van der Waals surface area contributed by atoms with E-state index < -0.39 is 15.1 Å². The van der Waals surface area contributed by atoms with Crippen LogP contribution in [-0.4, -0.2) is 20.2 Å². The Labute approximate surface area is 97.6 Å². The van der Waals surface area contributed by atoms with Gasteiger partial charge in [-0.05, 0) is 32.4 Å². The van der Waals surface area contributed by atoms with Crippen LogP contribution in [0.1, 0.15) is 31.1 Å². The second-order valence-electron chi connectivity index (χ2n) is 4.11. The largest absolute Gasteiger partial charge is 0.330 e. The molecule has 0 aliphatic heterocycles. The quantitative estimate of drug-likeness (QED) is 0.856. The van der Waals surface area contributed by atoms with Crippen LogP contribution in [0.15, 0.2) is 30.3 Å². The fourth-order valence-corrected chi connectivity index (χ4v) is 3.33. The van der Waals surface area contributed by atoms with E-state index >= 15 is 0 Å². The van der Waals surface area contributed by atoms with E-state index in [2.05, 4.69) is 0 Å². The van der Waals surface area contributed by atoms with Crippen LogP contribution < -0.4 is 5.73 Å². The molecule has 0 saturated heterocycles. The van der Waals surface area contributed by atoms with Gasteiger partial charge in [0.2, 0.25) is 0 Å². The first-order chi connectivity index (χ1) is 7.50. The maximum absolute atomic E-state index is 12.2. The van der Waals surface area contributed by atoms with Crippen molar-refractivity contribution >= 4 is 9.84 Å². The van der Waals surface area contributed by atoms with Crippen molar-refractivity contribution in [1.82, 2.24) is 0 Å². The van der Waals surface area contributed by atoms with Crippen molar-refractivity contribution in [3.05, 3.63) is 35.9 Å². The molecule has 2 N–H and O–H groups in total. The lowest BCUT2D eigenvalue weighted by atomic mass is 10.1. The molecule has 0 spiro atoms. The SMILES string of the molecule is CC(C)S(=O)(=O)C(CCN)c1ccccc1. The highest BCUT2D eigenvalue weighted by molar-refractivity contribution is 7.92. The van der Waals surface area contributed by atoms with Crippen LogP contribution in [0.2, 0.25) is 0 Å². The second-order valence-corrected chi connectivity index (χ2v) is 6.80. The average Bonchev–Trinajstić information content (AvgIpc) is 2.26. The molecular formula is C12H19NO2S. The summed E-state index contributed by atoms with van der Waals surface area (Å²) in [5.41, 5.74) is 6.33. The summed E-state index contributed by atoms with van der Waals surface area (Å²) in [6, 6.07) is 9.29. The van der Waals surface area contributed by atoms with Crippen molar-refractivity contribution in [2.45, 2.75) is 30.8 Å². The monoisotopic (exact) mass is 241 g/mol. The van der Waals surface area contributed by atoms with E-state index in [-0.39, 0.29) is 5.25 Å². The highest BCUT2D eigenvalue weighted by Crippen LogP contribution is 2.28. The van der Waals surface area contributed by atoms with Gasteiger partial charge in [-0.3, -0.25) is 0 Å². The van der Waals surface area contributed by atoms with E-state index in [9.17, 15) is 8.42 Å². The number of hydrogen-bond acceptors (Lipinski definition) is 3. The molecule has 90 valence electrons. The zero-order valence-electron chi connectivity index (χ0n) is 9.76. The molecule has 16 heavy (non-hydrogen) atoms. The van der Waals surface area contributed by atoms with Crippen LogP contribution in [0.5, 0.6) is 0 Å². The first kappa shape index (κ1) is 13.2. The molecule has 0 aliphatic carbocycles. The lowest BCUT2D eigenvalue weighted by Crippen LogP contribution is -2.24. The molecule has 1 aromatic rings. The third kappa shape index (κ3) is 2.83. The molecule has 0 amide bonds. The molecule has 0 radical (unpaired) electrons. The fourth-order valence-electron chi connectivity index (χ4n) is 1.67. The third-order valence-electron chi connectivity index (χ3n) is 2.65. The van der Waals surface area contributed by atoms with Gasteiger partial charge in [-0.25, -0.2) is 8.42 Å². The lowest BCUT2D eigenvalue weighted by molar-refractivity contribution is 0.567. The molecule has 0 aromatic heterocycles. The van der Waals surface area contributed by atoms with Gasteiger partial charge >= 0.3 is 0 Å². The van der Waals surface area contributed by atoms with E-state index in [4.69, 9.17) is 5.73 Å². The van der Waals surface area contributed by atoms with Gasteiger partial charge in [0.25, 0.3) is 0 Å². The van der Waals surface area contributed by atoms with Crippen molar-refractivity contribution in [3.8, 4) is 0 Å². The van der Waals surface area contributed by atoms with Crippen molar-refractivity contribution in [2.75, 3.05) is 6.54 Å². The van der Waals surface area contributed by atoms with Gasteiger partial charge in [-0.15, -0.1) is 0 Å². The molecule has 0 heterocycles. The van der Waals surface area contributed by atoms with E-state index in [0.29, 0.717) is 13.0 Å². The van der Waals surface area contributed by atoms with Crippen LogP contribution in [0.4, 0.5) is 0 Å². The first-order valence-corrected chi connectivity index (χ1v) is 7.08. The van der Waals surface area contributed by atoms with Gasteiger partial charge in [-0.1, -0.05) is 30.3 Å². The minimum absolute atomic E-state index is 0.371. The molecule has 1 aromatic carbocycles. The molecule has 0 aliphatic rings. The summed E-state index contributed by atoms with van der Waals surface area (Å²) < 4.78 is 24.3. The van der Waals surface area contributed by atoms with Gasteiger partial charge in [0.1, 0.15) is 0 Å². The van der Waals surface area contributed by atoms with Crippen LogP contribution in [0.25, 0.3) is 0 Å². The standard InChI is InChI=1S/C12H19NO2S/c1-10(2)16(14,15)12(8-9-13)11-6-4-3-5-7-11/h3-7,10,12H,8-9,13H2,1-2H3. The molecule has 4 heteroatoms. The molecule has 1 atom stereocenters. The topological polar surface area (TPSA) is 60.2 Å². The molecule has 1 unspecified atom stereocenters. The zero-order valence-corrected chi connectivity index (χ0v) is 10.6. The van der Waals surface area contributed by atoms with Gasteiger partial charge < -0.3 is 5.73 Å². The minimum atomic E-state index is -3.13. The van der Waals surface area contributed by atoms with Gasteiger partial charge in [-0.2, -0.15) is 0 Å². The summed E-state index contributed by atoms with van der Waals surface area (Å²) in [6.07, 6.45) is 0.477. The fraction of sp³-hybridized carbons (Fsp3) is 0.500. The van der Waals surface area contributed by atoms with E-state index in [1.807, 2.05) is 30.3 Å². The Bertz CT molecular complexity index is 412. The van der Waals surface area contributed by atoms with Crippen molar-refractivity contribution in [1.29, 1.82) is 0 Å². The van der Waals surface area contributed by atoms with Gasteiger partial charge in [0.15, 0.2) is 9.84 Å². The summed E-state index contributed by atoms with van der Waals surface area (Å²) in [5, 5.41) is -0.844. The lowest BCUT2D eigenvalue weighted by Gasteiger charge is -2.19. The molecule has 0 fully saturated rings. The van der Waals surface area contributed by atoms with Crippen molar-refractivity contribution < 1.29 is 8.42 Å². The smallest absolute Gasteiger partial charge is 0.159 e. The highest BCUT2D eigenvalue weighted by Gasteiger charge is 2.29. The molecule has 1 rings (SSSR count). The minimum Gasteiger partial charge on any atom is -0.330 e. The Kier molecular flexibility index (Phi) is 4.50. The van der Waals surface area contributed by atoms with E-state index in [1.165, 1.54) is 0 Å². The van der Waals surface area contributed by atoms with Crippen molar-refractivity contribution in [2.24, 2.45) is 5.73 Å². The first-order valence-electron chi connectivity index (χ1n) is 5.48. The molecule has 0 saturated carbocycles. The van der Waals surface area contributed by atoms with Gasteiger partial charge in [0.05, 0.1) is 10.5 Å². The molecule has 3 nitrogen and oxygen atoms in total. The van der Waals surface area contributed by atoms with E-state index in [0.717, 1.165) is 5.56 Å². The summed E-state index contributed by atoms with van der Waals surface area (Å²) in [7, 11) is -3.13. The number of rotatable bonds is 5. The maximum atomic E-state index is 12.2. The summed E-state index contributed by atoms with van der Waals surface area (Å²) in [6.45, 7) is 3.80. The second kappa shape index (κ2) is 5.46. The summed E-state index contributed by atoms with van der Waals surface area (Å²) in [5.74, 6) is 0. The van der Waals surface area contributed by atoms with Crippen LogP contribution in [0.3, 0.4) is 0 Å². The van der Waals surface area contributed by atoms with Crippen LogP contribution >= 0.6 is 0 Å².